The summed E-state index contributed by atoms with van der Waals surface area (Å²) >= 11 is 5.71. The molecule has 0 bridgehead atoms. The smallest absolute Gasteiger partial charge is 0.379 e. The first kappa shape index (κ1) is 16.6. The van der Waals surface area contributed by atoms with Crippen LogP contribution in [0, 0.1) is 6.92 Å². The van der Waals surface area contributed by atoms with Crippen molar-refractivity contribution < 1.29 is 25.8 Å². The van der Waals surface area contributed by atoms with E-state index in [4.69, 9.17) is 15.8 Å². The highest BCUT2D eigenvalue weighted by atomic mass is 35.5. The second-order valence-corrected chi connectivity index (χ2v) is 6.37. The van der Waals surface area contributed by atoms with E-state index in [1.54, 1.807) is 25.1 Å². The molecule has 0 N–H and O–H groups in total. The van der Waals surface area contributed by atoms with Crippen LogP contribution in [0.3, 0.4) is 0 Å². The van der Waals surface area contributed by atoms with Crippen LogP contribution in [-0.4, -0.2) is 8.42 Å². The topological polar surface area (TPSA) is 43.4 Å². The van der Waals surface area contributed by atoms with E-state index in [1.807, 2.05) is 0 Å². The number of hydrogen-bond acceptors (Lipinski definition) is 3. The van der Waals surface area contributed by atoms with Gasteiger partial charge in [0.05, 0.1) is 10.6 Å². The van der Waals surface area contributed by atoms with Crippen molar-refractivity contribution in [3.05, 3.63) is 58.6 Å². The van der Waals surface area contributed by atoms with Gasteiger partial charge in [-0.1, -0.05) is 29.8 Å². The number of rotatable bonds is 3. The van der Waals surface area contributed by atoms with Crippen LogP contribution < -0.4 is 4.18 Å². The molecule has 2 aromatic rings. The Morgan fingerprint density at radius 2 is 1.73 bits per heavy atom. The molecule has 0 aliphatic heterocycles. The maximum absolute atomic E-state index is 12.7. The Morgan fingerprint density at radius 1 is 1.09 bits per heavy atom. The molecule has 2 rings (SSSR count). The minimum absolute atomic E-state index is 0.0241. The Kier molecular flexibility index (Phi) is 4.39. The monoisotopic (exact) mass is 350 g/mol. The summed E-state index contributed by atoms with van der Waals surface area (Å²) in [6, 6.07) is 8.26. The predicted octanol–water partition coefficient (Wildman–Crippen LogP) is 4.43. The number of alkyl halides is 3. The predicted molar refractivity (Wildman–Crippen MR) is 75.4 cm³/mol. The Morgan fingerprint density at radius 3 is 2.32 bits per heavy atom. The molecule has 0 unspecified atom stereocenters. The van der Waals surface area contributed by atoms with Crippen molar-refractivity contribution in [1.82, 2.24) is 0 Å². The van der Waals surface area contributed by atoms with Crippen LogP contribution in [-0.2, 0) is 16.3 Å². The van der Waals surface area contributed by atoms with Crippen molar-refractivity contribution in [2.75, 3.05) is 0 Å². The van der Waals surface area contributed by atoms with Gasteiger partial charge in [-0.25, -0.2) is 0 Å². The SMILES string of the molecule is Cc1ccccc1OS(=O)(=O)c1cc(C(F)(F)F)ccc1Cl. The molecule has 0 saturated heterocycles. The largest absolute Gasteiger partial charge is 0.416 e. The molecule has 0 heterocycles. The van der Waals surface area contributed by atoms with Crippen molar-refractivity contribution in [1.29, 1.82) is 0 Å². The molecule has 0 atom stereocenters. The molecule has 0 radical (unpaired) electrons. The zero-order valence-corrected chi connectivity index (χ0v) is 12.8. The van der Waals surface area contributed by atoms with E-state index < -0.39 is 26.8 Å². The molecule has 3 nitrogen and oxygen atoms in total. The van der Waals surface area contributed by atoms with Crippen LogP contribution in [0.25, 0.3) is 0 Å². The van der Waals surface area contributed by atoms with Gasteiger partial charge in [0.25, 0.3) is 0 Å². The zero-order valence-electron chi connectivity index (χ0n) is 11.2. The first-order valence-corrected chi connectivity index (χ1v) is 7.77. The Hall–Kier alpha value is -1.73. The van der Waals surface area contributed by atoms with Gasteiger partial charge < -0.3 is 4.18 Å². The van der Waals surface area contributed by atoms with Crippen molar-refractivity contribution in [2.24, 2.45) is 0 Å². The molecule has 0 amide bonds. The fourth-order valence-electron chi connectivity index (χ4n) is 1.68. The summed E-state index contributed by atoms with van der Waals surface area (Å²) in [6.45, 7) is 1.61. The van der Waals surface area contributed by atoms with Gasteiger partial charge in [-0.3, -0.25) is 0 Å². The van der Waals surface area contributed by atoms with E-state index in [0.717, 1.165) is 6.07 Å². The lowest BCUT2D eigenvalue weighted by molar-refractivity contribution is -0.137. The number of hydrogen-bond donors (Lipinski definition) is 0. The van der Waals surface area contributed by atoms with E-state index in [-0.39, 0.29) is 10.8 Å². The first-order valence-electron chi connectivity index (χ1n) is 5.98. The Labute approximate surface area is 130 Å². The van der Waals surface area contributed by atoms with Gasteiger partial charge in [0, 0.05) is 0 Å². The number of benzene rings is 2. The Bertz CT molecular complexity index is 801. The van der Waals surface area contributed by atoms with Crippen LogP contribution in [0.5, 0.6) is 5.75 Å². The molecule has 118 valence electrons. The van der Waals surface area contributed by atoms with Gasteiger partial charge in [0.2, 0.25) is 0 Å². The van der Waals surface area contributed by atoms with E-state index >= 15 is 0 Å². The fraction of sp³-hybridized carbons (Fsp3) is 0.143. The molecule has 8 heteroatoms. The lowest BCUT2D eigenvalue weighted by Gasteiger charge is -2.12. The third kappa shape index (κ3) is 3.53. The minimum Gasteiger partial charge on any atom is -0.379 e. The Balaban J connectivity index is 2.48. The summed E-state index contributed by atoms with van der Waals surface area (Å²) in [5.74, 6) is 0.0241. The molecular weight excluding hydrogens is 341 g/mol. The highest BCUT2D eigenvalue weighted by molar-refractivity contribution is 7.87. The summed E-state index contributed by atoms with van der Waals surface area (Å²) in [5.41, 5.74) is -0.599. The lowest BCUT2D eigenvalue weighted by atomic mass is 10.2. The third-order valence-electron chi connectivity index (χ3n) is 2.82. The first-order chi connectivity index (χ1) is 10.1. The lowest BCUT2D eigenvalue weighted by Crippen LogP contribution is -2.13. The molecule has 0 aromatic heterocycles. The number of aryl methyl sites for hydroxylation is 1. The standard InChI is InChI=1S/C14H10ClF3O3S/c1-9-4-2-3-5-12(9)21-22(19,20)13-8-10(14(16,17)18)6-7-11(13)15/h2-8H,1H3. The highest BCUT2D eigenvalue weighted by Crippen LogP contribution is 2.34. The summed E-state index contributed by atoms with van der Waals surface area (Å²) in [5, 5.41) is -0.346. The zero-order chi connectivity index (χ0) is 16.5. The molecule has 22 heavy (non-hydrogen) atoms. The van der Waals surface area contributed by atoms with Gasteiger partial charge in [-0.2, -0.15) is 21.6 Å². The van der Waals surface area contributed by atoms with Crippen molar-refractivity contribution >= 4 is 21.7 Å². The van der Waals surface area contributed by atoms with Crippen molar-refractivity contribution in [2.45, 2.75) is 18.0 Å². The van der Waals surface area contributed by atoms with E-state index in [9.17, 15) is 21.6 Å². The van der Waals surface area contributed by atoms with E-state index in [2.05, 4.69) is 0 Å². The third-order valence-corrected chi connectivity index (χ3v) is 4.54. The molecular formula is C14H10ClF3O3S. The second kappa shape index (κ2) is 5.81. The molecule has 0 saturated carbocycles. The van der Waals surface area contributed by atoms with Crippen LogP contribution in [0.2, 0.25) is 5.02 Å². The van der Waals surface area contributed by atoms with E-state index in [0.29, 0.717) is 17.7 Å². The molecule has 0 spiro atoms. The summed E-state index contributed by atoms with van der Waals surface area (Å²) < 4.78 is 67.3. The van der Waals surface area contributed by atoms with Crippen molar-refractivity contribution in [3.63, 3.8) is 0 Å². The maximum atomic E-state index is 12.7. The molecule has 0 aliphatic carbocycles. The fourth-order valence-corrected chi connectivity index (χ4v) is 3.18. The average Bonchev–Trinajstić information content (AvgIpc) is 2.40. The highest BCUT2D eigenvalue weighted by Gasteiger charge is 2.33. The molecule has 0 aliphatic rings. The second-order valence-electron chi connectivity index (χ2n) is 4.45. The number of para-hydroxylation sites is 1. The minimum atomic E-state index is -4.68. The quantitative estimate of drug-likeness (QED) is 0.769. The average molecular weight is 351 g/mol. The summed E-state index contributed by atoms with van der Waals surface area (Å²) in [6.07, 6.45) is -4.68. The number of halogens is 4. The maximum Gasteiger partial charge on any atom is 0.416 e. The van der Waals surface area contributed by atoms with Crippen LogP contribution >= 0.6 is 11.6 Å². The normalized spacial score (nSPS) is 12.2. The van der Waals surface area contributed by atoms with E-state index in [1.165, 1.54) is 6.07 Å². The summed E-state index contributed by atoms with van der Waals surface area (Å²) in [7, 11) is -4.48. The van der Waals surface area contributed by atoms with Gasteiger partial charge in [-0.05, 0) is 36.8 Å². The molecule has 2 aromatic carbocycles. The van der Waals surface area contributed by atoms with Crippen LogP contribution in [0.1, 0.15) is 11.1 Å². The van der Waals surface area contributed by atoms with Gasteiger partial charge in [0.1, 0.15) is 10.6 Å². The van der Waals surface area contributed by atoms with Gasteiger partial charge in [-0.15, -0.1) is 0 Å². The van der Waals surface area contributed by atoms with Crippen LogP contribution in [0.15, 0.2) is 47.4 Å². The van der Waals surface area contributed by atoms with Crippen molar-refractivity contribution in [3.8, 4) is 5.75 Å². The van der Waals surface area contributed by atoms with Gasteiger partial charge >= 0.3 is 16.3 Å². The van der Waals surface area contributed by atoms with Crippen LogP contribution in [0.4, 0.5) is 13.2 Å². The van der Waals surface area contributed by atoms with Gasteiger partial charge in [0.15, 0.2) is 0 Å². The summed E-state index contributed by atoms with van der Waals surface area (Å²) in [4.78, 5) is -0.729. The molecule has 0 fully saturated rings.